The normalized spacial score (nSPS) is 21.1. The fourth-order valence-electron chi connectivity index (χ4n) is 7.84. The van der Waals surface area contributed by atoms with Gasteiger partial charge in [0.2, 0.25) is 10.0 Å². The highest BCUT2D eigenvalue weighted by Gasteiger charge is 2.37. The molecule has 4 amide bonds. The topological polar surface area (TPSA) is 140 Å². The van der Waals surface area contributed by atoms with Crippen molar-refractivity contribution in [3.63, 3.8) is 0 Å². The van der Waals surface area contributed by atoms with Crippen molar-refractivity contribution in [2.24, 2.45) is 11.8 Å². The van der Waals surface area contributed by atoms with Crippen molar-refractivity contribution in [2.45, 2.75) is 63.5 Å². The molecule has 1 atom stereocenters. The summed E-state index contributed by atoms with van der Waals surface area (Å²) >= 11 is 3.35. The Balaban J connectivity index is 1.06. The molecular weight excluding hydrogens is 714 g/mol. The van der Waals surface area contributed by atoms with E-state index in [2.05, 4.69) is 21.2 Å². The molecule has 14 heteroatoms. The molecule has 2 aromatic rings. The zero-order valence-electron chi connectivity index (χ0n) is 27.9. The molecule has 0 aromatic heterocycles. The van der Waals surface area contributed by atoms with E-state index in [1.165, 1.54) is 6.26 Å². The molecule has 2 aromatic carbocycles. The number of para-hydroxylation sites is 1. The minimum Gasteiger partial charge on any atom is -0.507 e. The number of phenolic OH excluding ortho intramolecular Hbond substituents is 1. The molecule has 3 saturated heterocycles. The summed E-state index contributed by atoms with van der Waals surface area (Å²) in [6, 6.07) is 12.7. The number of rotatable bonds is 7. The summed E-state index contributed by atoms with van der Waals surface area (Å²) in [6.45, 7) is 3.61. The van der Waals surface area contributed by atoms with Gasteiger partial charge in [-0.2, -0.15) is 0 Å². The van der Waals surface area contributed by atoms with Crippen molar-refractivity contribution in [2.75, 3.05) is 57.4 Å². The van der Waals surface area contributed by atoms with Crippen molar-refractivity contribution in [1.82, 2.24) is 19.0 Å². The van der Waals surface area contributed by atoms with Gasteiger partial charge in [-0.3, -0.25) is 4.79 Å². The molecule has 266 valence electrons. The minimum absolute atomic E-state index is 0.00922. The molecule has 0 saturated carbocycles. The van der Waals surface area contributed by atoms with E-state index in [1.54, 1.807) is 32.3 Å². The number of fused-ring (bicyclic) bond motifs is 1. The highest BCUT2D eigenvalue weighted by molar-refractivity contribution is 9.10. The van der Waals surface area contributed by atoms with Crippen LogP contribution in [0.3, 0.4) is 0 Å². The van der Waals surface area contributed by atoms with Crippen LogP contribution in [-0.2, 0) is 32.4 Å². The molecule has 4 aliphatic rings. The van der Waals surface area contributed by atoms with Crippen LogP contribution >= 0.6 is 15.9 Å². The average Bonchev–Trinajstić information content (AvgIpc) is 3.27. The first kappa shape index (κ1) is 35.5. The maximum atomic E-state index is 14.0. The predicted molar refractivity (Wildman–Crippen MR) is 189 cm³/mol. The molecular formula is C35H46BrN5O7S. The van der Waals surface area contributed by atoms with Gasteiger partial charge in [0.25, 0.3) is 5.91 Å². The van der Waals surface area contributed by atoms with Crippen LogP contribution in [0.15, 0.2) is 46.9 Å². The van der Waals surface area contributed by atoms with E-state index in [9.17, 15) is 27.9 Å². The van der Waals surface area contributed by atoms with Gasteiger partial charge in [-0.05, 0) is 102 Å². The summed E-state index contributed by atoms with van der Waals surface area (Å²) in [5.41, 5.74) is 2.69. The number of halogens is 1. The molecule has 0 spiro atoms. The summed E-state index contributed by atoms with van der Waals surface area (Å²) in [5, 5.41) is 13.0. The van der Waals surface area contributed by atoms with Crippen molar-refractivity contribution in [3.05, 3.63) is 58.1 Å². The number of sulfonamides is 1. The number of urea groups is 1. The molecule has 0 bridgehead atoms. The Kier molecular flexibility index (Phi) is 11.0. The summed E-state index contributed by atoms with van der Waals surface area (Å²) in [7, 11) is -3.18. The Labute approximate surface area is 296 Å². The van der Waals surface area contributed by atoms with E-state index in [4.69, 9.17) is 4.74 Å². The van der Waals surface area contributed by atoms with Crippen LogP contribution < -0.4 is 5.32 Å². The van der Waals surface area contributed by atoms with E-state index < -0.39 is 22.2 Å². The van der Waals surface area contributed by atoms with Crippen LogP contribution in [0.4, 0.5) is 15.3 Å². The Morgan fingerprint density at radius 1 is 0.918 bits per heavy atom. The van der Waals surface area contributed by atoms with Crippen LogP contribution in [0, 0.1) is 11.8 Å². The molecule has 0 radical (unpaired) electrons. The van der Waals surface area contributed by atoms with Gasteiger partial charge in [-0.15, -0.1) is 0 Å². The number of likely N-dealkylation sites (tertiary alicyclic amines) is 2. The Hall–Kier alpha value is -3.36. The number of nitrogens with zero attached hydrogens (tertiary/aromatic N) is 4. The molecule has 2 N–H and O–H groups in total. The number of phenols is 1. The van der Waals surface area contributed by atoms with Crippen LogP contribution in [0.25, 0.3) is 0 Å². The number of carbonyl (C=O) groups is 3. The molecule has 4 heterocycles. The lowest BCUT2D eigenvalue weighted by Crippen LogP contribution is -2.52. The number of hydrogen-bond donors (Lipinski definition) is 2. The zero-order chi connectivity index (χ0) is 34.7. The van der Waals surface area contributed by atoms with Crippen LogP contribution in [0.5, 0.6) is 5.75 Å². The third-order valence-electron chi connectivity index (χ3n) is 10.7. The van der Waals surface area contributed by atoms with Crippen LogP contribution in [0.1, 0.15) is 49.7 Å². The van der Waals surface area contributed by atoms with E-state index >= 15 is 0 Å². The lowest BCUT2D eigenvalue weighted by Gasteiger charge is -2.40. The molecule has 12 nitrogen and oxygen atoms in total. The van der Waals surface area contributed by atoms with Gasteiger partial charge in [-0.25, -0.2) is 22.3 Å². The number of anilines is 1. The zero-order valence-corrected chi connectivity index (χ0v) is 30.3. The van der Waals surface area contributed by atoms with E-state index in [0.29, 0.717) is 75.0 Å². The maximum absolute atomic E-state index is 14.0. The second-order valence-electron chi connectivity index (χ2n) is 13.8. The molecule has 6 rings (SSSR count). The standard InChI is InChI=1S/C35H46BrN5O7S/c1-49(46,47)40-19-10-26(11-20-40)25-8-15-38(16-9-25)33(43)32(23-24-6-7-31(42)29(36)22-24)48-35(45)39-17-13-28(14-18-39)41-21-12-27-4-2-3-5-30(27)37-34(41)44/h2-7,22,25-26,28,32,42H,8-21,23H2,1H3,(H,37,44)/t32-/m1/s1. The summed E-state index contributed by atoms with van der Waals surface area (Å²) in [6.07, 6.45) is 5.12. The van der Waals surface area contributed by atoms with Crippen molar-refractivity contribution in [1.29, 1.82) is 0 Å². The summed E-state index contributed by atoms with van der Waals surface area (Å²) in [4.78, 5) is 45.9. The molecule has 3 fully saturated rings. The van der Waals surface area contributed by atoms with Gasteiger partial charge in [-0.1, -0.05) is 24.3 Å². The van der Waals surface area contributed by atoms with E-state index in [1.807, 2.05) is 29.2 Å². The second-order valence-corrected chi connectivity index (χ2v) is 16.6. The Morgan fingerprint density at radius 3 is 2.20 bits per heavy atom. The number of piperidine rings is 3. The van der Waals surface area contributed by atoms with Crippen LogP contribution in [0.2, 0.25) is 0 Å². The van der Waals surface area contributed by atoms with Gasteiger partial charge >= 0.3 is 12.1 Å². The van der Waals surface area contributed by atoms with Gasteiger partial charge in [0.1, 0.15) is 5.75 Å². The fourth-order valence-corrected chi connectivity index (χ4v) is 9.14. The third-order valence-corrected chi connectivity index (χ3v) is 12.7. The van der Waals surface area contributed by atoms with Crippen molar-refractivity contribution < 1.29 is 32.6 Å². The number of hydrogen-bond acceptors (Lipinski definition) is 7. The number of ether oxygens (including phenoxy) is 1. The summed E-state index contributed by atoms with van der Waals surface area (Å²) < 4.78 is 31.9. The Bertz CT molecular complexity index is 1630. The monoisotopic (exact) mass is 759 g/mol. The van der Waals surface area contributed by atoms with Crippen molar-refractivity contribution in [3.8, 4) is 5.75 Å². The second kappa shape index (κ2) is 15.3. The predicted octanol–water partition coefficient (Wildman–Crippen LogP) is 4.67. The van der Waals surface area contributed by atoms with E-state index in [-0.39, 0.29) is 30.2 Å². The summed E-state index contributed by atoms with van der Waals surface area (Å²) in [5.74, 6) is 0.690. The van der Waals surface area contributed by atoms with Gasteiger partial charge in [0.05, 0.1) is 10.7 Å². The van der Waals surface area contributed by atoms with Gasteiger partial charge in [0, 0.05) is 64.0 Å². The smallest absolute Gasteiger partial charge is 0.410 e. The number of amides is 4. The SMILES string of the molecule is CS(=O)(=O)N1CCC(C2CCN(C(=O)[C@@H](Cc3ccc(O)c(Br)c3)OC(=O)N3CCC(N4CCc5ccccc5NC4=O)CC3)CC2)CC1. The fraction of sp³-hybridized carbons (Fsp3) is 0.571. The first-order valence-electron chi connectivity index (χ1n) is 17.3. The first-order chi connectivity index (χ1) is 23.5. The average molecular weight is 761 g/mol. The third kappa shape index (κ3) is 8.51. The number of aromatic hydroxyl groups is 1. The Morgan fingerprint density at radius 2 is 1.55 bits per heavy atom. The first-order valence-corrected chi connectivity index (χ1v) is 19.9. The van der Waals surface area contributed by atoms with E-state index in [0.717, 1.165) is 48.9 Å². The maximum Gasteiger partial charge on any atom is 0.410 e. The number of nitrogens with one attached hydrogen (secondary N) is 1. The molecule has 4 aliphatic heterocycles. The molecule has 0 aliphatic carbocycles. The van der Waals surface area contributed by atoms with Gasteiger partial charge < -0.3 is 29.9 Å². The van der Waals surface area contributed by atoms with Crippen molar-refractivity contribution >= 4 is 49.7 Å². The highest BCUT2D eigenvalue weighted by Crippen LogP contribution is 2.34. The van der Waals surface area contributed by atoms with Gasteiger partial charge in [0.15, 0.2) is 6.10 Å². The number of carbonyl (C=O) groups excluding carboxylic acids is 3. The largest absolute Gasteiger partial charge is 0.507 e. The molecule has 0 unspecified atom stereocenters. The lowest BCUT2D eigenvalue weighted by molar-refractivity contribution is -0.142. The number of benzene rings is 2. The minimum atomic E-state index is -3.18. The van der Waals surface area contributed by atoms with Crippen LogP contribution in [-0.4, -0.2) is 115 Å². The quantitative estimate of drug-likeness (QED) is 0.419. The molecule has 49 heavy (non-hydrogen) atoms. The lowest BCUT2D eigenvalue weighted by atomic mass is 9.79. The highest BCUT2D eigenvalue weighted by atomic mass is 79.9.